The first kappa shape index (κ1) is 19.1. The van der Waals surface area contributed by atoms with E-state index in [-0.39, 0.29) is 18.1 Å². The second-order valence-electron chi connectivity index (χ2n) is 6.42. The van der Waals surface area contributed by atoms with Crippen molar-refractivity contribution >= 4 is 23.7 Å². The van der Waals surface area contributed by atoms with Gasteiger partial charge < -0.3 is 15.8 Å². The van der Waals surface area contributed by atoms with Gasteiger partial charge in [0.1, 0.15) is 11.6 Å². The summed E-state index contributed by atoms with van der Waals surface area (Å²) in [7, 11) is 1.60. The van der Waals surface area contributed by atoms with Crippen molar-refractivity contribution in [3.63, 3.8) is 0 Å². The number of nitrogens with one attached hydrogen (secondary N) is 1. The molecule has 3 aromatic rings. The average Bonchev–Trinajstić information content (AvgIpc) is 2.69. The highest BCUT2D eigenvalue weighted by Gasteiger charge is 2.09. The van der Waals surface area contributed by atoms with E-state index in [0.717, 1.165) is 28.0 Å². The van der Waals surface area contributed by atoms with E-state index >= 15 is 0 Å². The normalized spacial score (nSPS) is 10.4. The van der Waals surface area contributed by atoms with E-state index in [1.165, 1.54) is 0 Å². The average molecular weight is 375 g/mol. The van der Waals surface area contributed by atoms with Gasteiger partial charge in [0.05, 0.1) is 19.1 Å². The summed E-state index contributed by atoms with van der Waals surface area (Å²) in [5.41, 5.74) is 10.3. The van der Waals surface area contributed by atoms with Crippen molar-refractivity contribution in [3.8, 4) is 16.9 Å². The molecule has 3 rings (SSSR count). The molecule has 0 saturated heterocycles. The zero-order valence-corrected chi connectivity index (χ0v) is 15.7. The molecule has 3 N–H and O–H groups in total. The maximum Gasteiger partial charge on any atom is 0.228 e. The number of benzene rings is 2. The number of nitrogens with two attached hydrogens (primary N) is 1. The molecular formula is C22H21N3O3. The van der Waals surface area contributed by atoms with Crippen LogP contribution in [0.2, 0.25) is 0 Å². The Hall–Kier alpha value is -3.67. The molecule has 0 saturated carbocycles. The number of amides is 1. The number of rotatable bonds is 6. The first-order chi connectivity index (χ1) is 13.5. The molecule has 142 valence electrons. The maximum absolute atomic E-state index is 12.4. The molecule has 0 spiro atoms. The van der Waals surface area contributed by atoms with E-state index in [2.05, 4.69) is 10.3 Å². The summed E-state index contributed by atoms with van der Waals surface area (Å²) in [6.45, 7) is 1.93. The molecule has 0 aliphatic heterocycles. The number of carbonyl (C=O) groups is 2. The van der Waals surface area contributed by atoms with Gasteiger partial charge in [0.2, 0.25) is 5.91 Å². The lowest BCUT2D eigenvalue weighted by molar-refractivity contribution is -0.115. The van der Waals surface area contributed by atoms with Crippen LogP contribution in [0.3, 0.4) is 0 Å². The lowest BCUT2D eigenvalue weighted by Gasteiger charge is -2.11. The maximum atomic E-state index is 12.4. The van der Waals surface area contributed by atoms with Gasteiger partial charge >= 0.3 is 0 Å². The van der Waals surface area contributed by atoms with Crippen LogP contribution in [0.1, 0.15) is 21.5 Å². The van der Waals surface area contributed by atoms with Crippen LogP contribution in [-0.4, -0.2) is 24.3 Å². The number of pyridine rings is 1. The van der Waals surface area contributed by atoms with Gasteiger partial charge in [0.15, 0.2) is 6.29 Å². The number of hydrogen-bond donors (Lipinski definition) is 2. The molecule has 1 amide bonds. The minimum absolute atomic E-state index is 0.113. The van der Waals surface area contributed by atoms with Crippen molar-refractivity contribution in [3.05, 3.63) is 71.4 Å². The molecule has 0 aliphatic carbocycles. The number of hydrogen-bond acceptors (Lipinski definition) is 5. The standard InChI is InChI=1S/C22H21N3O3/c1-14-8-18(25-21(27)10-15-4-3-5-19(9-15)28-2)6-7-20(14)16-11-17(13-26)22(23)24-12-16/h3-9,11-13H,10H2,1-2H3,(H2,23,24)(H,25,27). The van der Waals surface area contributed by atoms with Crippen molar-refractivity contribution in [2.45, 2.75) is 13.3 Å². The minimum atomic E-state index is -0.113. The van der Waals surface area contributed by atoms with Crippen LogP contribution >= 0.6 is 0 Å². The number of aldehydes is 1. The molecular weight excluding hydrogens is 354 g/mol. The summed E-state index contributed by atoms with van der Waals surface area (Å²) in [4.78, 5) is 27.5. The van der Waals surface area contributed by atoms with Gasteiger partial charge in [-0.05, 0) is 53.9 Å². The largest absolute Gasteiger partial charge is 0.497 e. The van der Waals surface area contributed by atoms with Gasteiger partial charge in [-0.3, -0.25) is 9.59 Å². The molecule has 0 fully saturated rings. The van der Waals surface area contributed by atoms with Crippen molar-refractivity contribution < 1.29 is 14.3 Å². The molecule has 6 heteroatoms. The van der Waals surface area contributed by atoms with Gasteiger partial charge in [0.25, 0.3) is 0 Å². The summed E-state index contributed by atoms with van der Waals surface area (Å²) in [5, 5.41) is 2.91. The lowest BCUT2D eigenvalue weighted by atomic mass is 10.00. The van der Waals surface area contributed by atoms with Crippen LogP contribution in [-0.2, 0) is 11.2 Å². The number of nitrogens with zero attached hydrogens (tertiary/aromatic N) is 1. The highest BCUT2D eigenvalue weighted by atomic mass is 16.5. The van der Waals surface area contributed by atoms with Gasteiger partial charge in [0, 0.05) is 17.4 Å². The summed E-state index contributed by atoms with van der Waals surface area (Å²) in [6, 6.07) is 14.7. The number of aryl methyl sites for hydroxylation is 1. The van der Waals surface area contributed by atoms with E-state index in [1.807, 2.05) is 49.4 Å². The predicted molar refractivity (Wildman–Crippen MR) is 110 cm³/mol. The fraction of sp³-hybridized carbons (Fsp3) is 0.136. The number of anilines is 2. The summed E-state index contributed by atoms with van der Waals surface area (Å²) < 4.78 is 5.18. The first-order valence-corrected chi connectivity index (χ1v) is 8.74. The minimum Gasteiger partial charge on any atom is -0.497 e. The van der Waals surface area contributed by atoms with E-state index < -0.39 is 0 Å². The van der Waals surface area contributed by atoms with Crippen LogP contribution in [0.25, 0.3) is 11.1 Å². The third-order valence-electron chi connectivity index (χ3n) is 4.40. The van der Waals surface area contributed by atoms with E-state index in [9.17, 15) is 9.59 Å². The zero-order chi connectivity index (χ0) is 20.1. The van der Waals surface area contributed by atoms with Crippen molar-refractivity contribution in [2.75, 3.05) is 18.2 Å². The van der Waals surface area contributed by atoms with Crippen LogP contribution in [0.4, 0.5) is 11.5 Å². The van der Waals surface area contributed by atoms with Gasteiger partial charge in [-0.15, -0.1) is 0 Å². The summed E-state index contributed by atoms with van der Waals surface area (Å²) in [5.74, 6) is 0.813. The predicted octanol–water partition coefficient (Wildman–Crippen LogP) is 3.64. The Morgan fingerprint density at radius 3 is 2.75 bits per heavy atom. The SMILES string of the molecule is COc1cccc(CC(=O)Nc2ccc(-c3cnc(N)c(C=O)c3)c(C)c2)c1. The fourth-order valence-corrected chi connectivity index (χ4v) is 2.97. The molecule has 6 nitrogen and oxygen atoms in total. The molecule has 2 aromatic carbocycles. The monoisotopic (exact) mass is 375 g/mol. The number of carbonyl (C=O) groups excluding carboxylic acids is 2. The van der Waals surface area contributed by atoms with E-state index in [4.69, 9.17) is 10.5 Å². The smallest absolute Gasteiger partial charge is 0.228 e. The third-order valence-corrected chi connectivity index (χ3v) is 4.40. The van der Waals surface area contributed by atoms with Gasteiger partial charge in [-0.2, -0.15) is 0 Å². The first-order valence-electron chi connectivity index (χ1n) is 8.74. The molecule has 0 atom stereocenters. The molecule has 0 unspecified atom stereocenters. The van der Waals surface area contributed by atoms with Crippen molar-refractivity contribution in [1.29, 1.82) is 0 Å². The number of ether oxygens (including phenoxy) is 1. The Labute approximate surface area is 163 Å². The number of aromatic nitrogens is 1. The Kier molecular flexibility index (Phi) is 5.69. The lowest BCUT2D eigenvalue weighted by Crippen LogP contribution is -2.14. The van der Waals surface area contributed by atoms with Crippen molar-refractivity contribution in [2.24, 2.45) is 0 Å². The quantitative estimate of drug-likeness (QED) is 0.642. The Morgan fingerprint density at radius 1 is 1.21 bits per heavy atom. The fourth-order valence-electron chi connectivity index (χ4n) is 2.97. The van der Waals surface area contributed by atoms with Gasteiger partial charge in [-0.1, -0.05) is 18.2 Å². The van der Waals surface area contributed by atoms with Crippen LogP contribution in [0.15, 0.2) is 54.7 Å². The van der Waals surface area contributed by atoms with Gasteiger partial charge in [-0.25, -0.2) is 4.98 Å². The van der Waals surface area contributed by atoms with Crippen LogP contribution < -0.4 is 15.8 Å². The Balaban J connectivity index is 1.75. The Bertz CT molecular complexity index is 1030. The van der Waals surface area contributed by atoms with Crippen molar-refractivity contribution in [1.82, 2.24) is 4.98 Å². The third kappa shape index (κ3) is 4.35. The molecule has 1 heterocycles. The molecule has 0 bridgehead atoms. The van der Waals surface area contributed by atoms with Crippen LogP contribution in [0, 0.1) is 6.92 Å². The molecule has 0 radical (unpaired) electrons. The highest BCUT2D eigenvalue weighted by molar-refractivity contribution is 5.93. The second-order valence-corrected chi connectivity index (χ2v) is 6.42. The molecule has 0 aliphatic rings. The van der Waals surface area contributed by atoms with E-state index in [1.54, 1.807) is 19.4 Å². The summed E-state index contributed by atoms with van der Waals surface area (Å²) >= 11 is 0. The highest BCUT2D eigenvalue weighted by Crippen LogP contribution is 2.27. The zero-order valence-electron chi connectivity index (χ0n) is 15.7. The van der Waals surface area contributed by atoms with Crippen LogP contribution in [0.5, 0.6) is 5.75 Å². The Morgan fingerprint density at radius 2 is 2.04 bits per heavy atom. The molecule has 1 aromatic heterocycles. The topological polar surface area (TPSA) is 94.3 Å². The van der Waals surface area contributed by atoms with E-state index in [0.29, 0.717) is 17.5 Å². The second kappa shape index (κ2) is 8.35. The summed E-state index contributed by atoms with van der Waals surface area (Å²) in [6.07, 6.45) is 2.57. The molecule has 28 heavy (non-hydrogen) atoms. The number of methoxy groups -OCH3 is 1. The number of nitrogen functional groups attached to an aromatic ring is 1.